The molecule has 1 unspecified atom stereocenters. The summed E-state index contributed by atoms with van der Waals surface area (Å²) in [6, 6.07) is 5.32. The van der Waals surface area contributed by atoms with Crippen LogP contribution in [0, 0.1) is 5.41 Å². The maximum Gasteiger partial charge on any atom is 0.321 e. The van der Waals surface area contributed by atoms with Crippen molar-refractivity contribution in [2.45, 2.75) is 25.8 Å². The van der Waals surface area contributed by atoms with Crippen LogP contribution in [0.15, 0.2) is 18.2 Å². The Morgan fingerprint density at radius 3 is 2.72 bits per heavy atom. The van der Waals surface area contributed by atoms with E-state index < -0.39 is 17.9 Å². The molecule has 1 aliphatic rings. The number of benzene rings is 1. The Bertz CT molecular complexity index is 612. The van der Waals surface area contributed by atoms with Crippen LogP contribution in [0.4, 0.5) is 20.2 Å². The Morgan fingerprint density at radius 1 is 1.44 bits per heavy atom. The van der Waals surface area contributed by atoms with Gasteiger partial charge >= 0.3 is 5.92 Å². The van der Waals surface area contributed by atoms with Gasteiger partial charge < -0.3 is 26.3 Å². The van der Waals surface area contributed by atoms with Gasteiger partial charge in [0.25, 0.3) is 5.91 Å². The lowest BCUT2D eigenvalue weighted by atomic mass is 10.1. The summed E-state index contributed by atoms with van der Waals surface area (Å²) in [7, 11) is 0. The molecule has 6 nitrogen and oxygen atoms in total. The monoisotopic (exact) mass is 353 g/mol. The minimum atomic E-state index is -3.39. The molecule has 1 heterocycles. The summed E-state index contributed by atoms with van der Waals surface area (Å²) in [4.78, 5) is 13.5. The maximum atomic E-state index is 12.9. The molecule has 0 radical (unpaired) electrons. The van der Waals surface area contributed by atoms with Gasteiger partial charge in [0.15, 0.2) is 0 Å². The Morgan fingerprint density at radius 2 is 2.12 bits per heavy atom. The highest BCUT2D eigenvalue weighted by molar-refractivity contribution is 5.88. The lowest BCUT2D eigenvalue weighted by Gasteiger charge is -2.30. The van der Waals surface area contributed by atoms with E-state index in [1.807, 2.05) is 18.2 Å². The third kappa shape index (κ3) is 5.38. The molecule has 1 aromatic rings. The predicted molar refractivity (Wildman–Crippen MR) is 96.1 cm³/mol. The van der Waals surface area contributed by atoms with Crippen molar-refractivity contribution in [3.8, 4) is 0 Å². The second-order valence-corrected chi connectivity index (χ2v) is 6.30. The number of nitrogens with one attached hydrogen (secondary N) is 4. The van der Waals surface area contributed by atoms with E-state index in [0.717, 1.165) is 43.1 Å². The molecule has 1 fully saturated rings. The quantitative estimate of drug-likeness (QED) is 0.562. The average Bonchev–Trinajstić information content (AvgIpc) is 2.59. The van der Waals surface area contributed by atoms with Crippen LogP contribution in [0.3, 0.4) is 0 Å². The maximum absolute atomic E-state index is 12.9. The molecule has 138 valence electrons. The molecule has 0 aromatic heterocycles. The summed E-state index contributed by atoms with van der Waals surface area (Å²) in [5, 5.41) is 16.3. The zero-order valence-electron chi connectivity index (χ0n) is 14.5. The Kier molecular flexibility index (Phi) is 6.30. The van der Waals surface area contributed by atoms with E-state index in [0.29, 0.717) is 6.92 Å². The number of carbonyl (C=O) groups excluding carboxylic acids is 1. The summed E-state index contributed by atoms with van der Waals surface area (Å²) in [5.41, 5.74) is 2.51. The summed E-state index contributed by atoms with van der Waals surface area (Å²) in [6.07, 6.45) is 1.26. The smallest absolute Gasteiger partial charge is 0.321 e. The van der Waals surface area contributed by atoms with Crippen molar-refractivity contribution in [3.63, 3.8) is 0 Å². The number of piperazine rings is 1. The van der Waals surface area contributed by atoms with Crippen LogP contribution in [-0.2, 0) is 4.79 Å². The van der Waals surface area contributed by atoms with E-state index in [4.69, 9.17) is 5.41 Å². The fourth-order valence-electron chi connectivity index (χ4n) is 2.61. The van der Waals surface area contributed by atoms with Crippen molar-refractivity contribution >= 4 is 23.5 Å². The fraction of sp³-hybridized carbons (Fsp3) is 0.529. The molecule has 1 aromatic carbocycles. The van der Waals surface area contributed by atoms with Gasteiger partial charge in [-0.3, -0.25) is 4.79 Å². The van der Waals surface area contributed by atoms with Crippen LogP contribution in [-0.4, -0.2) is 56.8 Å². The molecule has 0 spiro atoms. The van der Waals surface area contributed by atoms with Crippen molar-refractivity contribution in [3.05, 3.63) is 23.8 Å². The highest BCUT2D eigenvalue weighted by atomic mass is 19.3. The molecule has 0 aliphatic carbocycles. The molecule has 0 bridgehead atoms. The first kappa shape index (κ1) is 19.1. The summed E-state index contributed by atoms with van der Waals surface area (Å²) >= 11 is 0. The molecule has 1 atom stereocenters. The van der Waals surface area contributed by atoms with Gasteiger partial charge in [-0.25, -0.2) is 0 Å². The molecule has 0 saturated carbocycles. The number of alkyl halides is 2. The Balaban J connectivity index is 1.97. The zero-order valence-corrected chi connectivity index (χ0v) is 14.5. The summed E-state index contributed by atoms with van der Waals surface area (Å²) < 4.78 is 25.8. The van der Waals surface area contributed by atoms with Gasteiger partial charge in [-0.05, 0) is 25.1 Å². The second kappa shape index (κ2) is 8.24. The van der Waals surface area contributed by atoms with E-state index in [2.05, 4.69) is 20.9 Å². The zero-order chi connectivity index (χ0) is 18.4. The molecular formula is C17H25F2N5O. The number of hydrogen-bond acceptors (Lipinski definition) is 5. The van der Waals surface area contributed by atoms with E-state index in [1.165, 1.54) is 6.21 Å². The van der Waals surface area contributed by atoms with E-state index >= 15 is 0 Å². The first-order valence-electron chi connectivity index (χ1n) is 8.34. The van der Waals surface area contributed by atoms with Gasteiger partial charge in [0.1, 0.15) is 0 Å². The molecule has 25 heavy (non-hydrogen) atoms. The van der Waals surface area contributed by atoms with E-state index in [9.17, 15) is 13.6 Å². The van der Waals surface area contributed by atoms with Gasteiger partial charge in [-0.2, -0.15) is 8.78 Å². The van der Waals surface area contributed by atoms with Crippen molar-refractivity contribution in [1.29, 1.82) is 5.41 Å². The van der Waals surface area contributed by atoms with Crippen LogP contribution in [0.1, 0.15) is 19.4 Å². The molecule has 1 aliphatic heterocycles. The van der Waals surface area contributed by atoms with E-state index in [1.54, 1.807) is 6.92 Å². The Labute approximate surface area is 146 Å². The highest BCUT2D eigenvalue weighted by Gasteiger charge is 2.32. The van der Waals surface area contributed by atoms with Crippen LogP contribution in [0.25, 0.3) is 0 Å². The lowest BCUT2D eigenvalue weighted by molar-refractivity contribution is -0.143. The topological polar surface area (TPSA) is 80.2 Å². The third-order valence-electron chi connectivity index (χ3n) is 4.05. The lowest BCUT2D eigenvalue weighted by Crippen LogP contribution is -2.45. The first-order chi connectivity index (χ1) is 11.8. The number of carbonyl (C=O) groups is 1. The first-order valence-corrected chi connectivity index (χ1v) is 8.34. The molecular weight excluding hydrogens is 328 g/mol. The average molecular weight is 353 g/mol. The van der Waals surface area contributed by atoms with Crippen molar-refractivity contribution in [1.82, 2.24) is 10.6 Å². The van der Waals surface area contributed by atoms with Gasteiger partial charge in [0.2, 0.25) is 0 Å². The molecule has 1 amide bonds. The minimum absolute atomic E-state index is 0.287. The summed E-state index contributed by atoms with van der Waals surface area (Å²) in [6.45, 7) is 6.20. The van der Waals surface area contributed by atoms with E-state index in [-0.39, 0.29) is 6.54 Å². The number of hydrogen-bond donors (Lipinski definition) is 4. The standard InChI is InChI=1S/C17H25F2N5O/c1-12(23-16(25)17(2,18)19)11-22-15-4-3-14(9-13(15)10-20)24-7-5-21-6-8-24/h3-4,9-10,12,20-22H,5-8,11H2,1-2H3,(H,23,25). The largest absolute Gasteiger partial charge is 0.382 e. The minimum Gasteiger partial charge on any atom is -0.382 e. The third-order valence-corrected chi connectivity index (χ3v) is 4.05. The second-order valence-electron chi connectivity index (χ2n) is 6.30. The van der Waals surface area contributed by atoms with Crippen LogP contribution in [0.5, 0.6) is 0 Å². The number of anilines is 2. The normalized spacial score (nSPS) is 16.2. The van der Waals surface area contributed by atoms with Crippen LogP contribution >= 0.6 is 0 Å². The summed E-state index contributed by atoms with van der Waals surface area (Å²) in [5.74, 6) is -4.68. The molecule has 2 rings (SSSR count). The van der Waals surface area contributed by atoms with Crippen LogP contribution in [0.2, 0.25) is 0 Å². The number of rotatable bonds is 7. The number of amides is 1. The van der Waals surface area contributed by atoms with Gasteiger partial charge in [0, 0.05) is 68.8 Å². The number of halogens is 2. The molecule has 4 N–H and O–H groups in total. The Hall–Kier alpha value is -2.22. The molecule has 8 heteroatoms. The number of nitrogens with zero attached hydrogens (tertiary/aromatic N) is 1. The fourth-order valence-corrected chi connectivity index (χ4v) is 2.61. The van der Waals surface area contributed by atoms with Crippen LogP contribution < -0.4 is 20.9 Å². The van der Waals surface area contributed by atoms with Gasteiger partial charge in [-0.1, -0.05) is 0 Å². The molecule has 1 saturated heterocycles. The van der Waals surface area contributed by atoms with Crippen molar-refractivity contribution in [2.24, 2.45) is 0 Å². The van der Waals surface area contributed by atoms with Crippen molar-refractivity contribution in [2.75, 3.05) is 42.9 Å². The predicted octanol–water partition coefficient (Wildman–Crippen LogP) is 1.67. The van der Waals surface area contributed by atoms with Gasteiger partial charge in [0.05, 0.1) is 0 Å². The highest BCUT2D eigenvalue weighted by Crippen LogP contribution is 2.22. The SMILES string of the molecule is CC(CNc1ccc(N2CCNCC2)cc1C=N)NC(=O)C(C)(F)F. The van der Waals surface area contributed by atoms with Gasteiger partial charge in [-0.15, -0.1) is 0 Å². The van der Waals surface area contributed by atoms with Crippen molar-refractivity contribution < 1.29 is 13.6 Å².